The number of nitrogens with zero attached hydrogens (tertiary/aromatic N) is 2. The fraction of sp³-hybridized carbons (Fsp3) is 0.667. The predicted molar refractivity (Wildman–Crippen MR) is 54.4 cm³/mol. The maximum atomic E-state index is 11.0. The highest BCUT2D eigenvalue weighted by molar-refractivity contribution is 6.22. The Labute approximate surface area is 89.4 Å². The van der Waals surface area contributed by atoms with Gasteiger partial charge in [-0.25, -0.2) is 4.79 Å². The van der Waals surface area contributed by atoms with Gasteiger partial charge in [0.25, 0.3) is 0 Å². The third kappa shape index (κ3) is 2.62. The van der Waals surface area contributed by atoms with Crippen LogP contribution in [0.2, 0.25) is 0 Å². The zero-order chi connectivity index (χ0) is 10.8. The molecule has 0 radical (unpaired) electrons. The number of hydrogen-bond donors (Lipinski definition) is 0. The molecule has 0 atom stereocenters. The van der Waals surface area contributed by atoms with Gasteiger partial charge in [0.2, 0.25) is 0 Å². The lowest BCUT2D eigenvalue weighted by atomic mass is 10.3. The Morgan fingerprint density at radius 3 is 2.71 bits per heavy atom. The Morgan fingerprint density at radius 1 is 1.64 bits per heavy atom. The van der Waals surface area contributed by atoms with Crippen molar-refractivity contribution in [2.24, 2.45) is 0 Å². The number of ether oxygens (including phenoxy) is 1. The summed E-state index contributed by atoms with van der Waals surface area (Å²) in [4.78, 5) is 11.0. The second-order valence-corrected chi connectivity index (χ2v) is 4.30. The summed E-state index contributed by atoms with van der Waals surface area (Å²) in [5.74, 6) is 0. The molecule has 1 heterocycles. The topological polar surface area (TPSA) is 29.5 Å². The normalized spacial score (nSPS) is 20.4. The minimum Gasteiger partial charge on any atom is -0.442 e. The molecule has 0 unspecified atom stereocenters. The minimum absolute atomic E-state index is 0.272. The molecule has 14 heavy (non-hydrogen) atoms. The van der Waals surface area contributed by atoms with Crippen LogP contribution in [0.5, 0.6) is 0 Å². The van der Waals surface area contributed by atoms with Gasteiger partial charge in [0.1, 0.15) is 18.5 Å². The molecule has 0 saturated carbocycles. The molecule has 0 aromatic carbocycles. The van der Waals surface area contributed by atoms with Gasteiger partial charge < -0.3 is 9.22 Å². The van der Waals surface area contributed by atoms with Crippen molar-refractivity contribution in [3.8, 4) is 0 Å². The Kier molecular flexibility index (Phi) is 3.39. The molecule has 1 fully saturated rings. The fourth-order valence-electron chi connectivity index (χ4n) is 1.50. The van der Waals surface area contributed by atoms with Crippen LogP contribution in [0, 0.1) is 0 Å². The highest BCUT2D eigenvalue weighted by Gasteiger charge is 2.29. The van der Waals surface area contributed by atoms with E-state index in [4.69, 9.17) is 16.5 Å². The molecule has 1 aliphatic rings. The van der Waals surface area contributed by atoms with E-state index in [1.807, 2.05) is 6.20 Å². The third-order valence-corrected chi connectivity index (χ3v) is 2.41. The Balaban J connectivity index is 2.73. The lowest BCUT2D eigenvalue weighted by Gasteiger charge is -2.25. The van der Waals surface area contributed by atoms with E-state index in [0.29, 0.717) is 4.48 Å². The van der Waals surface area contributed by atoms with Crippen molar-refractivity contribution in [1.29, 1.82) is 0 Å². The number of hydrogen-bond acceptors (Lipinski definition) is 2. The first-order valence-corrected chi connectivity index (χ1v) is 4.97. The molecule has 0 spiro atoms. The van der Waals surface area contributed by atoms with Gasteiger partial charge in [0.05, 0.1) is 20.6 Å². The van der Waals surface area contributed by atoms with E-state index in [-0.39, 0.29) is 6.61 Å². The molecule has 1 aliphatic heterocycles. The van der Waals surface area contributed by atoms with Crippen molar-refractivity contribution in [1.82, 2.24) is 4.42 Å². The zero-order valence-corrected chi connectivity index (χ0v) is 9.54. The number of cyclic esters (lactones) is 1. The number of halogens is 1. The van der Waals surface area contributed by atoms with Crippen LogP contribution in [0.4, 0.5) is 4.79 Å². The van der Waals surface area contributed by atoms with E-state index in [1.165, 1.54) is 0 Å². The molecule has 1 saturated heterocycles. The minimum atomic E-state index is -0.491. The molecular weight excluding hydrogens is 204 g/mol. The first kappa shape index (κ1) is 11.3. The van der Waals surface area contributed by atoms with Crippen LogP contribution in [-0.2, 0) is 4.74 Å². The summed E-state index contributed by atoms with van der Waals surface area (Å²) < 4.78 is 6.52. The maximum absolute atomic E-state index is 11.0. The summed E-state index contributed by atoms with van der Waals surface area (Å²) in [6.45, 7) is 3.39. The highest BCUT2D eigenvalue weighted by Crippen LogP contribution is 2.20. The number of rotatable bonds is 3. The van der Waals surface area contributed by atoms with E-state index in [0.717, 1.165) is 23.1 Å². The van der Waals surface area contributed by atoms with Crippen molar-refractivity contribution in [3.63, 3.8) is 0 Å². The molecule has 0 aliphatic carbocycles. The van der Waals surface area contributed by atoms with Crippen LogP contribution >= 0.6 is 11.8 Å². The number of carbonyl (C=O) groups excluding carboxylic acids is 1. The van der Waals surface area contributed by atoms with Crippen LogP contribution in [0.25, 0.3) is 0 Å². The fourth-order valence-corrected chi connectivity index (χ4v) is 1.64. The summed E-state index contributed by atoms with van der Waals surface area (Å²) in [5.41, 5.74) is 0.718. The van der Waals surface area contributed by atoms with Gasteiger partial charge in [-0.2, -0.15) is 4.42 Å². The molecule has 1 rings (SSSR count). The van der Waals surface area contributed by atoms with Gasteiger partial charge in [-0.05, 0) is 6.42 Å². The van der Waals surface area contributed by atoms with Gasteiger partial charge in [-0.15, -0.1) is 0 Å². The summed E-state index contributed by atoms with van der Waals surface area (Å²) in [5, 5.41) is 0. The lowest BCUT2D eigenvalue weighted by molar-refractivity contribution is -0.839. The third-order valence-electron chi connectivity index (χ3n) is 2.05. The number of carbonyl (C=O) groups is 1. The zero-order valence-electron chi connectivity index (χ0n) is 8.79. The summed E-state index contributed by atoms with van der Waals surface area (Å²) in [7, 11) is 4.12. The van der Waals surface area contributed by atoms with Crippen LogP contribution in [-0.4, -0.2) is 42.2 Å². The van der Waals surface area contributed by atoms with Crippen molar-refractivity contribution < 1.29 is 14.0 Å². The van der Waals surface area contributed by atoms with Crippen LogP contribution in [0.15, 0.2) is 11.9 Å². The highest BCUT2D eigenvalue weighted by atomic mass is 35.5. The average molecular weight is 220 g/mol. The maximum Gasteiger partial charge on any atom is 0.429 e. The van der Waals surface area contributed by atoms with E-state index in [1.54, 1.807) is 0 Å². The van der Waals surface area contributed by atoms with Crippen molar-refractivity contribution >= 4 is 17.9 Å². The molecule has 0 aromatic heterocycles. The SMILES string of the molecule is CCC[N+](C)(C)/C=C1\COC(=O)N1Cl. The molecular formula is C9H16ClN2O2+. The standard InChI is InChI=1S/C9H16ClN2O2/c1-4-5-12(2,3)6-8-7-14-9(13)11(8)10/h6H,4-5,7H2,1-3H3/q+1/b8-6+. The second-order valence-electron chi connectivity index (χ2n) is 3.96. The molecule has 0 bridgehead atoms. The smallest absolute Gasteiger partial charge is 0.429 e. The van der Waals surface area contributed by atoms with Gasteiger partial charge in [0.15, 0.2) is 0 Å². The first-order valence-electron chi connectivity index (χ1n) is 4.63. The quantitative estimate of drug-likeness (QED) is 0.536. The molecule has 0 N–H and O–H groups in total. The molecule has 80 valence electrons. The van der Waals surface area contributed by atoms with Crippen LogP contribution < -0.4 is 0 Å². The number of amides is 1. The average Bonchev–Trinajstić information content (AvgIpc) is 2.35. The first-order chi connectivity index (χ1) is 6.46. The van der Waals surface area contributed by atoms with E-state index in [2.05, 4.69) is 21.0 Å². The van der Waals surface area contributed by atoms with Crippen LogP contribution in [0.3, 0.4) is 0 Å². The van der Waals surface area contributed by atoms with Crippen molar-refractivity contribution in [3.05, 3.63) is 11.9 Å². The van der Waals surface area contributed by atoms with E-state index < -0.39 is 6.09 Å². The Bertz CT molecular complexity index is 264. The summed E-state index contributed by atoms with van der Waals surface area (Å²) in [6.07, 6.45) is 2.53. The molecule has 5 heteroatoms. The Morgan fingerprint density at radius 2 is 2.29 bits per heavy atom. The predicted octanol–water partition coefficient (Wildman–Crippen LogP) is 1.92. The number of quaternary nitrogens is 1. The van der Waals surface area contributed by atoms with Gasteiger partial charge in [-0.1, -0.05) is 6.92 Å². The monoisotopic (exact) mass is 219 g/mol. The lowest BCUT2D eigenvalue weighted by Crippen LogP contribution is -2.35. The van der Waals surface area contributed by atoms with Crippen LogP contribution in [0.1, 0.15) is 13.3 Å². The van der Waals surface area contributed by atoms with E-state index in [9.17, 15) is 4.79 Å². The summed E-state index contributed by atoms with van der Waals surface area (Å²) >= 11 is 5.72. The molecule has 0 aromatic rings. The van der Waals surface area contributed by atoms with Crippen molar-refractivity contribution in [2.45, 2.75) is 13.3 Å². The Hall–Kier alpha value is -0.740. The molecule has 4 nitrogen and oxygen atoms in total. The largest absolute Gasteiger partial charge is 0.442 e. The molecule has 1 amide bonds. The van der Waals surface area contributed by atoms with Gasteiger partial charge in [-0.3, -0.25) is 0 Å². The van der Waals surface area contributed by atoms with E-state index >= 15 is 0 Å². The van der Waals surface area contributed by atoms with Gasteiger partial charge >= 0.3 is 6.09 Å². The summed E-state index contributed by atoms with van der Waals surface area (Å²) in [6, 6.07) is 0. The second kappa shape index (κ2) is 4.19. The van der Waals surface area contributed by atoms with Gasteiger partial charge in [0, 0.05) is 11.8 Å². The van der Waals surface area contributed by atoms with Crippen molar-refractivity contribution in [2.75, 3.05) is 27.2 Å².